The first-order valence-electron chi connectivity index (χ1n) is 20.1. The molecule has 0 bridgehead atoms. The van der Waals surface area contributed by atoms with Crippen LogP contribution in [0.1, 0.15) is 0 Å². The summed E-state index contributed by atoms with van der Waals surface area (Å²) in [6.07, 6.45) is 0. The molecule has 12 aromatic rings. The molecule has 3 heteroatoms. The lowest BCUT2D eigenvalue weighted by Crippen LogP contribution is -2.11. The van der Waals surface area contributed by atoms with Crippen LogP contribution < -0.4 is 4.90 Å². The summed E-state index contributed by atoms with van der Waals surface area (Å²) in [5.41, 5.74) is 13.7. The lowest BCUT2D eigenvalue weighted by Gasteiger charge is -2.28. The van der Waals surface area contributed by atoms with Gasteiger partial charge in [0.2, 0.25) is 0 Å². The molecule has 0 atom stereocenters. The first kappa shape index (κ1) is 33.3. The molecular weight excluding hydrogens is 719 g/mol. The minimum absolute atomic E-state index is 0.851. The van der Waals surface area contributed by atoms with Crippen molar-refractivity contribution in [3.05, 3.63) is 212 Å². The van der Waals surface area contributed by atoms with Crippen molar-refractivity contribution in [1.29, 1.82) is 0 Å². The van der Waals surface area contributed by atoms with E-state index < -0.39 is 0 Å². The van der Waals surface area contributed by atoms with Crippen molar-refractivity contribution in [1.82, 2.24) is 0 Å². The minimum Gasteiger partial charge on any atom is -0.456 e. The molecule has 0 radical (unpaired) electrons. The molecule has 0 spiro atoms. The Hall–Kier alpha value is -7.88. The van der Waals surface area contributed by atoms with Crippen LogP contribution in [0.3, 0.4) is 0 Å². The summed E-state index contributed by atoms with van der Waals surface area (Å²) in [7, 11) is 0. The summed E-state index contributed by atoms with van der Waals surface area (Å²) < 4.78 is 13.0. The molecule has 0 N–H and O–H groups in total. The highest BCUT2D eigenvalue weighted by Gasteiger charge is 2.23. The average Bonchev–Trinajstić information content (AvgIpc) is 3.88. The number of benzene rings is 10. The topological polar surface area (TPSA) is 29.5 Å². The van der Waals surface area contributed by atoms with E-state index in [9.17, 15) is 0 Å². The maximum Gasteiger partial charge on any atom is 0.143 e. The Labute approximate surface area is 340 Å². The van der Waals surface area contributed by atoms with E-state index in [1.54, 1.807) is 0 Å². The highest BCUT2D eigenvalue weighted by atomic mass is 16.3. The zero-order valence-electron chi connectivity index (χ0n) is 32.0. The normalized spacial score (nSPS) is 11.7. The molecule has 3 nitrogen and oxygen atoms in total. The van der Waals surface area contributed by atoms with Crippen LogP contribution in [0.5, 0.6) is 0 Å². The molecule has 10 aromatic carbocycles. The number of anilines is 3. The largest absolute Gasteiger partial charge is 0.456 e. The summed E-state index contributed by atoms with van der Waals surface area (Å²) in [6.45, 7) is 0. The van der Waals surface area contributed by atoms with E-state index in [2.05, 4.69) is 205 Å². The molecule has 0 amide bonds. The molecule has 0 aliphatic carbocycles. The molecule has 2 aromatic heterocycles. The molecule has 59 heavy (non-hydrogen) atoms. The lowest BCUT2D eigenvalue weighted by molar-refractivity contribution is 0.669. The van der Waals surface area contributed by atoms with Crippen LogP contribution in [0, 0.1) is 0 Å². The highest BCUT2D eigenvalue weighted by Crippen LogP contribution is 2.47. The molecule has 276 valence electrons. The summed E-state index contributed by atoms with van der Waals surface area (Å²) in [4.78, 5) is 2.40. The number of para-hydroxylation sites is 2. The second kappa shape index (κ2) is 13.4. The van der Waals surface area contributed by atoms with Gasteiger partial charge in [0.1, 0.15) is 22.3 Å². The fourth-order valence-corrected chi connectivity index (χ4v) is 9.08. The smallest absolute Gasteiger partial charge is 0.143 e. The monoisotopic (exact) mass is 753 g/mol. The third kappa shape index (κ3) is 5.44. The second-order valence-corrected chi connectivity index (χ2v) is 15.2. The van der Waals surface area contributed by atoms with Gasteiger partial charge in [-0.1, -0.05) is 152 Å². The van der Waals surface area contributed by atoms with E-state index in [1.807, 2.05) is 12.1 Å². The maximum atomic E-state index is 6.74. The number of fused-ring (bicyclic) bond motifs is 9. The predicted molar refractivity (Wildman–Crippen MR) is 247 cm³/mol. The zero-order valence-corrected chi connectivity index (χ0v) is 32.0. The van der Waals surface area contributed by atoms with E-state index in [0.717, 1.165) is 88.4 Å². The van der Waals surface area contributed by atoms with Gasteiger partial charge in [0.05, 0.1) is 16.8 Å². The summed E-state index contributed by atoms with van der Waals surface area (Å²) in [6, 6.07) is 75.8. The van der Waals surface area contributed by atoms with E-state index in [-0.39, 0.29) is 0 Å². The van der Waals surface area contributed by atoms with Crippen molar-refractivity contribution < 1.29 is 8.83 Å². The Bertz CT molecular complexity index is 3570. The number of hydrogen-bond acceptors (Lipinski definition) is 3. The molecular formula is C56H35NO2. The Balaban J connectivity index is 1.04. The van der Waals surface area contributed by atoms with Crippen LogP contribution >= 0.6 is 0 Å². The molecule has 0 unspecified atom stereocenters. The molecule has 0 fully saturated rings. The van der Waals surface area contributed by atoms with Crippen molar-refractivity contribution in [2.24, 2.45) is 0 Å². The summed E-state index contributed by atoms with van der Waals surface area (Å²) in [5, 5.41) is 9.14. The predicted octanol–water partition coefficient (Wildman–Crippen LogP) is 16.3. The average molecular weight is 754 g/mol. The number of rotatable bonds is 6. The molecule has 0 saturated heterocycles. The number of furan rings is 2. The fourth-order valence-electron chi connectivity index (χ4n) is 9.08. The Morgan fingerprint density at radius 1 is 0.305 bits per heavy atom. The molecule has 0 aliphatic heterocycles. The number of hydrogen-bond donors (Lipinski definition) is 0. The van der Waals surface area contributed by atoms with Crippen LogP contribution in [0.2, 0.25) is 0 Å². The van der Waals surface area contributed by atoms with Gasteiger partial charge in [-0.3, -0.25) is 0 Å². The van der Waals surface area contributed by atoms with Crippen LogP contribution in [0.4, 0.5) is 17.1 Å². The van der Waals surface area contributed by atoms with Crippen molar-refractivity contribution in [3.63, 3.8) is 0 Å². The summed E-state index contributed by atoms with van der Waals surface area (Å²) in [5.74, 6) is 0. The molecule has 0 aliphatic rings. The lowest BCUT2D eigenvalue weighted by atomic mass is 9.95. The highest BCUT2D eigenvalue weighted by molar-refractivity contribution is 6.20. The van der Waals surface area contributed by atoms with Crippen molar-refractivity contribution in [2.75, 3.05) is 4.90 Å². The van der Waals surface area contributed by atoms with Crippen LogP contribution in [0.15, 0.2) is 221 Å². The maximum absolute atomic E-state index is 6.74. The van der Waals surface area contributed by atoms with Crippen molar-refractivity contribution in [2.45, 2.75) is 0 Å². The number of nitrogens with zero attached hydrogens (tertiary/aromatic N) is 1. The Kier molecular flexibility index (Phi) is 7.54. The van der Waals surface area contributed by atoms with Crippen molar-refractivity contribution in [3.8, 4) is 33.4 Å². The van der Waals surface area contributed by atoms with Crippen LogP contribution in [0.25, 0.3) is 98.8 Å². The van der Waals surface area contributed by atoms with Gasteiger partial charge in [0.25, 0.3) is 0 Å². The van der Waals surface area contributed by atoms with Gasteiger partial charge in [-0.05, 0) is 105 Å². The first-order valence-corrected chi connectivity index (χ1v) is 20.1. The van der Waals surface area contributed by atoms with E-state index in [1.165, 1.54) is 27.5 Å². The Morgan fingerprint density at radius 3 is 1.81 bits per heavy atom. The first-order chi connectivity index (χ1) is 29.2. The van der Waals surface area contributed by atoms with Crippen LogP contribution in [-0.4, -0.2) is 0 Å². The SMILES string of the molecule is c1cc(-c2ccc(N(c3ccccc3-c3ccc4oc5ccccc5c4c3)c3cccc4oc5c6ccccc6ccc5c34)cc2)cc(-c2cccc3ccccc23)c1. The van der Waals surface area contributed by atoms with Gasteiger partial charge in [-0.2, -0.15) is 0 Å². The Morgan fingerprint density at radius 2 is 0.915 bits per heavy atom. The second-order valence-electron chi connectivity index (χ2n) is 15.2. The molecule has 12 rings (SSSR count). The van der Waals surface area contributed by atoms with E-state index in [4.69, 9.17) is 8.83 Å². The van der Waals surface area contributed by atoms with Gasteiger partial charge < -0.3 is 13.7 Å². The fraction of sp³-hybridized carbons (Fsp3) is 0. The third-order valence-corrected chi connectivity index (χ3v) is 11.9. The zero-order chi connectivity index (χ0) is 38.9. The quantitative estimate of drug-likeness (QED) is 0.169. The van der Waals surface area contributed by atoms with Gasteiger partial charge in [-0.15, -0.1) is 0 Å². The van der Waals surface area contributed by atoms with E-state index in [0.29, 0.717) is 0 Å². The molecule has 2 heterocycles. The van der Waals surface area contributed by atoms with Crippen molar-refractivity contribution >= 4 is 82.5 Å². The van der Waals surface area contributed by atoms with Gasteiger partial charge >= 0.3 is 0 Å². The third-order valence-electron chi connectivity index (χ3n) is 11.9. The van der Waals surface area contributed by atoms with Gasteiger partial charge in [-0.25, -0.2) is 0 Å². The van der Waals surface area contributed by atoms with Gasteiger partial charge in [0.15, 0.2) is 0 Å². The molecule has 0 saturated carbocycles. The van der Waals surface area contributed by atoms with Crippen LogP contribution in [-0.2, 0) is 0 Å². The van der Waals surface area contributed by atoms with E-state index >= 15 is 0 Å². The minimum atomic E-state index is 0.851. The van der Waals surface area contributed by atoms with Gasteiger partial charge in [0, 0.05) is 32.8 Å². The summed E-state index contributed by atoms with van der Waals surface area (Å²) >= 11 is 0. The standard InChI is InChI=1S/C56H35NO2/c1-3-17-43-37(12-1)14-10-21-44(43)40-16-9-15-39(34-40)36-26-30-42(31-27-36)57(51-23-11-25-54-55(51)48-32-28-38-13-2-4-19-46(38)56(48)59-54)50-22-7-5-18-45(50)41-29-33-53-49(35-41)47-20-6-8-24-52(47)58-53/h1-35H.